The van der Waals surface area contributed by atoms with Gasteiger partial charge in [0.15, 0.2) is 11.6 Å². The molecule has 162 valence electrons. The lowest BCUT2D eigenvalue weighted by Crippen LogP contribution is -2.30. The van der Waals surface area contributed by atoms with Crippen molar-refractivity contribution in [2.75, 3.05) is 25.4 Å². The molecular weight excluding hydrogens is 409 g/mol. The van der Waals surface area contributed by atoms with Crippen molar-refractivity contribution in [1.82, 2.24) is 19.4 Å². The third-order valence-corrected chi connectivity index (χ3v) is 6.05. The Hall–Kier alpha value is -2.43. The number of imidazole rings is 1. The maximum absolute atomic E-state index is 12.6. The summed E-state index contributed by atoms with van der Waals surface area (Å²) >= 11 is 0. The zero-order valence-corrected chi connectivity index (χ0v) is 15.8. The lowest BCUT2D eigenvalue weighted by Gasteiger charge is -2.19. The number of likely N-dealkylation sites (tertiary alicyclic amines) is 1. The van der Waals surface area contributed by atoms with Crippen molar-refractivity contribution in [2.24, 2.45) is 11.8 Å². The number of hydrogen-bond acceptors (Lipinski definition) is 5. The number of aromatic nitrogens is 3. The summed E-state index contributed by atoms with van der Waals surface area (Å²) in [5, 5.41) is 0. The van der Waals surface area contributed by atoms with Gasteiger partial charge in [-0.3, -0.25) is 4.90 Å². The van der Waals surface area contributed by atoms with Crippen LogP contribution in [-0.4, -0.2) is 51.9 Å². The largest absolute Gasteiger partial charge is 0.573 e. The molecule has 0 unspecified atom stereocenters. The van der Waals surface area contributed by atoms with Gasteiger partial charge in [0.25, 0.3) is 6.43 Å². The van der Waals surface area contributed by atoms with E-state index in [0.29, 0.717) is 42.1 Å². The van der Waals surface area contributed by atoms with Gasteiger partial charge >= 0.3 is 6.36 Å². The van der Waals surface area contributed by atoms with Gasteiger partial charge < -0.3 is 15.0 Å². The number of nitrogens with zero attached hydrogens (tertiary/aromatic N) is 4. The molecule has 3 atom stereocenters. The minimum atomic E-state index is -4.87. The zero-order chi connectivity index (χ0) is 21.2. The van der Waals surface area contributed by atoms with E-state index in [2.05, 4.69) is 19.3 Å². The van der Waals surface area contributed by atoms with E-state index < -0.39 is 18.5 Å². The first kappa shape index (κ1) is 19.5. The molecule has 3 aliphatic rings. The summed E-state index contributed by atoms with van der Waals surface area (Å²) in [4.78, 5) is 10.3. The van der Waals surface area contributed by atoms with E-state index in [1.165, 1.54) is 12.3 Å². The van der Waals surface area contributed by atoms with Gasteiger partial charge in [0.2, 0.25) is 0 Å². The molecule has 0 spiro atoms. The van der Waals surface area contributed by atoms with Crippen LogP contribution >= 0.6 is 0 Å². The lowest BCUT2D eigenvalue weighted by atomic mass is 10.2. The highest BCUT2D eigenvalue weighted by Gasteiger charge is 2.57. The Balaban J connectivity index is 1.40. The molecule has 5 rings (SSSR count). The van der Waals surface area contributed by atoms with Crippen LogP contribution in [0.1, 0.15) is 30.6 Å². The van der Waals surface area contributed by atoms with E-state index in [1.807, 2.05) is 6.20 Å². The summed E-state index contributed by atoms with van der Waals surface area (Å²) in [6.45, 7) is 1.05. The fourth-order valence-corrected chi connectivity index (χ4v) is 4.57. The molecule has 0 radical (unpaired) electrons. The van der Waals surface area contributed by atoms with Gasteiger partial charge in [-0.05, 0) is 30.7 Å². The quantitative estimate of drug-likeness (QED) is 0.710. The Morgan fingerprint density at radius 3 is 2.50 bits per heavy atom. The predicted octanol–water partition coefficient (Wildman–Crippen LogP) is 3.67. The Morgan fingerprint density at radius 1 is 1.20 bits per heavy atom. The Kier molecular flexibility index (Phi) is 4.42. The first-order valence-corrected chi connectivity index (χ1v) is 9.80. The van der Waals surface area contributed by atoms with Crippen molar-refractivity contribution in [3.8, 4) is 17.0 Å². The third kappa shape index (κ3) is 3.70. The number of alkyl halides is 5. The molecule has 3 heterocycles. The maximum Gasteiger partial charge on any atom is 0.573 e. The van der Waals surface area contributed by atoms with Gasteiger partial charge in [-0.1, -0.05) is 0 Å². The molecule has 6 nitrogen and oxygen atoms in total. The van der Waals surface area contributed by atoms with Crippen molar-refractivity contribution in [2.45, 2.75) is 37.6 Å². The smallest absolute Gasteiger partial charge is 0.402 e. The van der Waals surface area contributed by atoms with Crippen LogP contribution in [0.2, 0.25) is 0 Å². The molecule has 2 saturated carbocycles. The monoisotopic (exact) mass is 429 g/mol. The van der Waals surface area contributed by atoms with Crippen molar-refractivity contribution in [3.63, 3.8) is 0 Å². The van der Waals surface area contributed by atoms with Gasteiger partial charge in [0.1, 0.15) is 5.82 Å². The third-order valence-electron chi connectivity index (χ3n) is 6.05. The molecule has 2 N–H and O–H groups in total. The first-order chi connectivity index (χ1) is 14.2. The second kappa shape index (κ2) is 6.79. The van der Waals surface area contributed by atoms with Crippen LogP contribution in [0.4, 0.5) is 27.8 Å². The number of fused-ring (bicyclic) bond motifs is 1. The molecule has 0 amide bonds. The Labute approximate surface area is 168 Å². The number of nitrogens with two attached hydrogens (primary N) is 1. The summed E-state index contributed by atoms with van der Waals surface area (Å²) in [5.74, 6) is 0.918. The normalized spacial score (nSPS) is 26.3. The van der Waals surface area contributed by atoms with Crippen LogP contribution in [0.15, 0.2) is 18.5 Å². The highest BCUT2D eigenvalue weighted by molar-refractivity contribution is 5.64. The highest BCUT2D eigenvalue weighted by Crippen LogP contribution is 2.57. The minimum Gasteiger partial charge on any atom is -0.402 e. The molecule has 30 heavy (non-hydrogen) atoms. The van der Waals surface area contributed by atoms with E-state index in [4.69, 9.17) is 5.73 Å². The van der Waals surface area contributed by atoms with Gasteiger partial charge in [0, 0.05) is 43.0 Å². The van der Waals surface area contributed by atoms with E-state index in [9.17, 15) is 22.0 Å². The number of pyridine rings is 1. The summed E-state index contributed by atoms with van der Waals surface area (Å²) in [5.41, 5.74) is 6.40. The number of anilines is 1. The van der Waals surface area contributed by atoms with Crippen molar-refractivity contribution >= 4 is 5.82 Å². The highest BCUT2D eigenvalue weighted by atomic mass is 19.4. The lowest BCUT2D eigenvalue weighted by molar-refractivity contribution is -0.274. The SMILES string of the molecule is Nc1ncc(-c2cn([C@@H]3[C@@H]4CN(CC(F)F)C[C@@H]43)c(C3CC3)n2)cc1OC(F)(F)F. The van der Waals surface area contributed by atoms with Crippen LogP contribution in [0.25, 0.3) is 11.3 Å². The summed E-state index contributed by atoms with van der Waals surface area (Å²) < 4.78 is 69.2. The van der Waals surface area contributed by atoms with E-state index >= 15 is 0 Å². The molecule has 2 aromatic rings. The van der Waals surface area contributed by atoms with Gasteiger partial charge in [-0.25, -0.2) is 18.7 Å². The number of nitrogen functional groups attached to an aromatic ring is 1. The molecule has 0 bridgehead atoms. The second-order valence-electron chi connectivity index (χ2n) is 8.25. The Bertz CT molecular complexity index is 945. The van der Waals surface area contributed by atoms with Crippen molar-refractivity contribution in [3.05, 3.63) is 24.3 Å². The summed E-state index contributed by atoms with van der Waals surface area (Å²) in [6, 6.07) is 1.39. The molecule has 1 aliphatic heterocycles. The van der Waals surface area contributed by atoms with Gasteiger partial charge in [-0.2, -0.15) is 0 Å². The second-order valence-corrected chi connectivity index (χ2v) is 8.25. The topological polar surface area (TPSA) is 69.2 Å². The van der Waals surface area contributed by atoms with Crippen molar-refractivity contribution < 1.29 is 26.7 Å². The number of hydrogen-bond donors (Lipinski definition) is 1. The molecule has 2 aromatic heterocycles. The van der Waals surface area contributed by atoms with Crippen molar-refractivity contribution in [1.29, 1.82) is 0 Å². The standard InChI is InChI=1S/C19H20F5N5O/c20-15(21)8-28-5-11-12(6-28)16(11)29-7-13(27-18(29)9-1-2-9)10-3-14(17(25)26-4-10)30-19(22,23)24/h3-4,7,9,11-12,15-16H,1-2,5-6,8H2,(H2,25,26)/t11-,12+,16-. The van der Waals surface area contributed by atoms with Gasteiger partial charge in [0.05, 0.1) is 12.2 Å². The number of piperidine rings is 1. The zero-order valence-electron chi connectivity index (χ0n) is 15.8. The molecule has 3 fully saturated rings. The van der Waals surface area contributed by atoms with Gasteiger partial charge in [-0.15, -0.1) is 13.2 Å². The molecular formula is C19H20F5N5O. The number of halogens is 5. The molecule has 2 aliphatic carbocycles. The average Bonchev–Trinajstić information content (AvgIpc) is 3.51. The van der Waals surface area contributed by atoms with E-state index in [0.717, 1.165) is 18.7 Å². The summed E-state index contributed by atoms with van der Waals surface area (Å²) in [7, 11) is 0. The number of rotatable bonds is 6. The predicted molar refractivity (Wildman–Crippen MR) is 97.0 cm³/mol. The Morgan fingerprint density at radius 2 is 1.90 bits per heavy atom. The molecule has 1 saturated heterocycles. The van der Waals surface area contributed by atoms with Crippen LogP contribution in [0, 0.1) is 11.8 Å². The van der Waals surface area contributed by atoms with Crippen LogP contribution in [0.5, 0.6) is 5.75 Å². The van der Waals surface area contributed by atoms with E-state index in [1.54, 1.807) is 4.90 Å². The summed E-state index contributed by atoms with van der Waals surface area (Å²) in [6.07, 6.45) is -1.98. The molecule has 11 heteroatoms. The van der Waals surface area contributed by atoms with Crippen LogP contribution in [0.3, 0.4) is 0 Å². The van der Waals surface area contributed by atoms with Crippen LogP contribution < -0.4 is 10.5 Å². The van der Waals surface area contributed by atoms with E-state index in [-0.39, 0.29) is 18.4 Å². The first-order valence-electron chi connectivity index (χ1n) is 9.80. The fourth-order valence-electron chi connectivity index (χ4n) is 4.57. The molecule has 0 aromatic carbocycles. The maximum atomic E-state index is 12.6. The minimum absolute atomic E-state index is 0.198. The fraction of sp³-hybridized carbons (Fsp3) is 0.579. The number of ether oxygens (including phenoxy) is 1. The average molecular weight is 429 g/mol. The van der Waals surface area contributed by atoms with Crippen LogP contribution in [-0.2, 0) is 0 Å².